The molecule has 2 aromatic rings. The minimum Gasteiger partial charge on any atom is -0.480 e. The fourth-order valence-electron chi connectivity index (χ4n) is 2.97. The maximum absolute atomic E-state index is 12.4. The van der Waals surface area contributed by atoms with E-state index >= 15 is 0 Å². The molecule has 1 aromatic carbocycles. The minimum atomic E-state index is -0.116. The van der Waals surface area contributed by atoms with E-state index in [4.69, 9.17) is 18.9 Å². The molecule has 1 aromatic heterocycles. The second-order valence-electron chi connectivity index (χ2n) is 6.16. The van der Waals surface area contributed by atoms with E-state index in [1.807, 2.05) is 18.2 Å². The van der Waals surface area contributed by atoms with Gasteiger partial charge >= 0.3 is 0 Å². The lowest BCUT2D eigenvalue weighted by Gasteiger charge is -2.15. The van der Waals surface area contributed by atoms with Gasteiger partial charge in [-0.05, 0) is 23.8 Å². The highest BCUT2D eigenvalue weighted by molar-refractivity contribution is 5.92. The Kier molecular flexibility index (Phi) is 4.78. The zero-order valence-electron chi connectivity index (χ0n) is 14.8. The largest absolute Gasteiger partial charge is 0.480 e. The number of ether oxygens (including phenoxy) is 4. The third-order valence-corrected chi connectivity index (χ3v) is 4.36. The summed E-state index contributed by atoms with van der Waals surface area (Å²) >= 11 is 0. The van der Waals surface area contributed by atoms with Gasteiger partial charge in [0.05, 0.1) is 26.0 Å². The van der Waals surface area contributed by atoms with Crippen molar-refractivity contribution in [1.82, 2.24) is 14.9 Å². The average Bonchev–Trinajstić information content (AvgIpc) is 3.35. The van der Waals surface area contributed by atoms with Crippen molar-refractivity contribution >= 4 is 12.0 Å². The van der Waals surface area contributed by atoms with E-state index in [0.29, 0.717) is 30.6 Å². The van der Waals surface area contributed by atoms with Crippen LogP contribution in [0.4, 0.5) is 0 Å². The zero-order chi connectivity index (χ0) is 18.6. The van der Waals surface area contributed by atoms with Gasteiger partial charge in [-0.25, -0.2) is 0 Å². The van der Waals surface area contributed by atoms with Crippen molar-refractivity contribution in [3.8, 4) is 23.3 Å². The minimum absolute atomic E-state index is 0.0597. The Hall–Kier alpha value is -3.29. The molecule has 1 unspecified atom stereocenters. The SMILES string of the molecule is COc1cncc(OC2CCN(C(=O)C=Cc3ccc4c(c3)OCO4)C2)n1. The summed E-state index contributed by atoms with van der Waals surface area (Å²) in [4.78, 5) is 22.4. The number of rotatable bonds is 5. The Morgan fingerprint density at radius 2 is 2.11 bits per heavy atom. The van der Waals surface area contributed by atoms with Crippen LogP contribution in [0.2, 0.25) is 0 Å². The second-order valence-corrected chi connectivity index (χ2v) is 6.16. The van der Waals surface area contributed by atoms with Crippen LogP contribution < -0.4 is 18.9 Å². The van der Waals surface area contributed by atoms with E-state index in [-0.39, 0.29) is 18.8 Å². The number of nitrogens with zero attached hydrogens (tertiary/aromatic N) is 3. The highest BCUT2D eigenvalue weighted by Gasteiger charge is 2.27. The third-order valence-electron chi connectivity index (χ3n) is 4.36. The number of carbonyl (C=O) groups excluding carboxylic acids is 1. The smallest absolute Gasteiger partial charge is 0.246 e. The van der Waals surface area contributed by atoms with Crippen LogP contribution in [0.15, 0.2) is 36.7 Å². The first-order chi connectivity index (χ1) is 13.2. The van der Waals surface area contributed by atoms with Gasteiger partial charge in [0.2, 0.25) is 24.5 Å². The van der Waals surface area contributed by atoms with Gasteiger partial charge in [0.1, 0.15) is 6.10 Å². The van der Waals surface area contributed by atoms with E-state index in [0.717, 1.165) is 17.7 Å². The molecule has 8 nitrogen and oxygen atoms in total. The molecule has 2 aliphatic heterocycles. The molecule has 0 radical (unpaired) electrons. The summed E-state index contributed by atoms with van der Waals surface area (Å²) in [6.45, 7) is 1.36. The Morgan fingerprint density at radius 3 is 3.00 bits per heavy atom. The van der Waals surface area contributed by atoms with Crippen molar-refractivity contribution < 1.29 is 23.7 Å². The van der Waals surface area contributed by atoms with Crippen molar-refractivity contribution in [1.29, 1.82) is 0 Å². The predicted molar refractivity (Wildman–Crippen MR) is 95.8 cm³/mol. The van der Waals surface area contributed by atoms with Gasteiger partial charge in [-0.3, -0.25) is 9.78 Å². The van der Waals surface area contributed by atoms with Gasteiger partial charge in [0.25, 0.3) is 0 Å². The van der Waals surface area contributed by atoms with Crippen LogP contribution >= 0.6 is 0 Å². The Morgan fingerprint density at radius 1 is 1.26 bits per heavy atom. The van der Waals surface area contributed by atoms with Gasteiger partial charge in [-0.2, -0.15) is 4.98 Å². The van der Waals surface area contributed by atoms with E-state index in [1.54, 1.807) is 17.1 Å². The van der Waals surface area contributed by atoms with Crippen molar-refractivity contribution in [3.05, 3.63) is 42.2 Å². The first kappa shape index (κ1) is 17.1. The molecular weight excluding hydrogens is 350 g/mol. The third kappa shape index (κ3) is 3.94. The fourth-order valence-corrected chi connectivity index (χ4v) is 2.97. The molecule has 3 heterocycles. The average molecular weight is 369 g/mol. The Bertz CT molecular complexity index is 870. The number of fused-ring (bicyclic) bond motifs is 1. The molecule has 1 atom stereocenters. The highest BCUT2D eigenvalue weighted by atomic mass is 16.7. The number of hydrogen-bond donors (Lipinski definition) is 0. The molecule has 140 valence electrons. The molecule has 0 saturated carbocycles. The lowest BCUT2D eigenvalue weighted by Crippen LogP contribution is -2.29. The first-order valence-electron chi connectivity index (χ1n) is 8.60. The summed E-state index contributed by atoms with van der Waals surface area (Å²) in [5, 5.41) is 0. The summed E-state index contributed by atoms with van der Waals surface area (Å²) in [5.74, 6) is 2.14. The first-order valence-corrected chi connectivity index (χ1v) is 8.60. The summed E-state index contributed by atoms with van der Waals surface area (Å²) in [5.41, 5.74) is 0.881. The molecule has 0 aliphatic carbocycles. The standard InChI is InChI=1S/C19H19N3O5/c1-24-17-9-20-10-18(21-17)27-14-6-7-22(11-14)19(23)5-3-13-2-4-15-16(8-13)26-12-25-15/h2-5,8-10,14H,6-7,11-12H2,1H3. The van der Waals surface area contributed by atoms with E-state index in [9.17, 15) is 4.79 Å². The van der Waals surface area contributed by atoms with Crippen LogP contribution in [-0.2, 0) is 4.79 Å². The molecule has 2 aliphatic rings. The number of benzene rings is 1. The molecule has 8 heteroatoms. The summed E-state index contributed by atoms with van der Waals surface area (Å²) in [6, 6.07) is 5.57. The van der Waals surface area contributed by atoms with Gasteiger partial charge in [-0.1, -0.05) is 6.07 Å². The number of hydrogen-bond acceptors (Lipinski definition) is 7. The van der Waals surface area contributed by atoms with Gasteiger partial charge < -0.3 is 23.8 Å². The molecule has 27 heavy (non-hydrogen) atoms. The lowest BCUT2D eigenvalue weighted by molar-refractivity contribution is -0.125. The van der Waals surface area contributed by atoms with Crippen LogP contribution in [-0.4, -0.2) is 53.9 Å². The number of aromatic nitrogens is 2. The fraction of sp³-hybridized carbons (Fsp3) is 0.316. The van der Waals surface area contributed by atoms with Gasteiger partial charge in [-0.15, -0.1) is 0 Å². The van der Waals surface area contributed by atoms with Crippen molar-refractivity contribution in [2.45, 2.75) is 12.5 Å². The van der Waals surface area contributed by atoms with Crippen molar-refractivity contribution in [2.24, 2.45) is 0 Å². The zero-order valence-corrected chi connectivity index (χ0v) is 14.8. The maximum atomic E-state index is 12.4. The van der Waals surface area contributed by atoms with Crippen LogP contribution in [0.25, 0.3) is 6.08 Å². The van der Waals surface area contributed by atoms with E-state index in [2.05, 4.69) is 9.97 Å². The molecule has 1 amide bonds. The number of carbonyl (C=O) groups is 1. The maximum Gasteiger partial charge on any atom is 0.246 e. The number of amides is 1. The molecule has 0 spiro atoms. The monoisotopic (exact) mass is 369 g/mol. The summed E-state index contributed by atoms with van der Waals surface area (Å²) < 4.78 is 21.5. The molecule has 0 bridgehead atoms. The predicted octanol–water partition coefficient (Wildman–Crippen LogP) is 1.91. The lowest BCUT2D eigenvalue weighted by atomic mass is 10.2. The topological polar surface area (TPSA) is 83.0 Å². The Labute approximate surface area is 156 Å². The highest BCUT2D eigenvalue weighted by Crippen LogP contribution is 2.32. The van der Waals surface area contributed by atoms with Crippen LogP contribution in [0.5, 0.6) is 23.3 Å². The molecule has 1 fully saturated rings. The van der Waals surface area contributed by atoms with Crippen molar-refractivity contribution in [3.63, 3.8) is 0 Å². The van der Waals surface area contributed by atoms with Crippen LogP contribution in [0, 0.1) is 0 Å². The van der Waals surface area contributed by atoms with Crippen molar-refractivity contribution in [2.75, 3.05) is 27.0 Å². The van der Waals surface area contributed by atoms with E-state index in [1.165, 1.54) is 19.5 Å². The second kappa shape index (κ2) is 7.53. The molecule has 1 saturated heterocycles. The molecule has 0 N–H and O–H groups in total. The molecular formula is C19H19N3O5. The quantitative estimate of drug-likeness (QED) is 0.745. The van der Waals surface area contributed by atoms with Crippen LogP contribution in [0.1, 0.15) is 12.0 Å². The van der Waals surface area contributed by atoms with E-state index < -0.39 is 0 Å². The summed E-state index contributed by atoms with van der Waals surface area (Å²) in [6.07, 6.45) is 7.00. The Balaban J connectivity index is 1.33. The normalized spacial score (nSPS) is 18.1. The van der Waals surface area contributed by atoms with Gasteiger partial charge in [0.15, 0.2) is 11.5 Å². The van der Waals surface area contributed by atoms with Gasteiger partial charge in [0, 0.05) is 19.0 Å². The molecule has 4 rings (SSSR count). The summed E-state index contributed by atoms with van der Waals surface area (Å²) in [7, 11) is 1.52. The number of likely N-dealkylation sites (tertiary alicyclic amines) is 1. The number of methoxy groups -OCH3 is 1. The van der Waals surface area contributed by atoms with Crippen LogP contribution in [0.3, 0.4) is 0 Å².